The van der Waals surface area contributed by atoms with E-state index in [-0.39, 0.29) is 24.2 Å². The SMILES string of the molecule is C[C@@H](N)C(=O)Nc1cccc(C(=O)N2CCOCC2)c1.Cl. The maximum absolute atomic E-state index is 12.3. The number of hydrogen-bond donors (Lipinski definition) is 2. The summed E-state index contributed by atoms with van der Waals surface area (Å²) in [5.41, 5.74) is 6.62. The predicted molar refractivity (Wildman–Crippen MR) is 82.7 cm³/mol. The van der Waals surface area contributed by atoms with E-state index in [0.29, 0.717) is 37.6 Å². The van der Waals surface area contributed by atoms with Crippen LogP contribution in [-0.2, 0) is 9.53 Å². The first kappa shape index (κ1) is 17.4. The fraction of sp³-hybridized carbons (Fsp3) is 0.429. The van der Waals surface area contributed by atoms with Crippen LogP contribution in [-0.4, -0.2) is 49.1 Å². The molecule has 0 spiro atoms. The smallest absolute Gasteiger partial charge is 0.254 e. The number of carbonyl (C=O) groups excluding carboxylic acids is 2. The highest BCUT2D eigenvalue weighted by Crippen LogP contribution is 2.14. The van der Waals surface area contributed by atoms with E-state index in [1.54, 1.807) is 36.1 Å². The normalized spacial score (nSPS) is 15.8. The van der Waals surface area contributed by atoms with Gasteiger partial charge >= 0.3 is 0 Å². The minimum Gasteiger partial charge on any atom is -0.378 e. The summed E-state index contributed by atoms with van der Waals surface area (Å²) in [6.45, 7) is 3.92. The van der Waals surface area contributed by atoms with Crippen molar-refractivity contribution in [3.63, 3.8) is 0 Å². The average molecular weight is 314 g/mol. The molecule has 6 nitrogen and oxygen atoms in total. The van der Waals surface area contributed by atoms with E-state index in [2.05, 4.69) is 5.32 Å². The zero-order valence-corrected chi connectivity index (χ0v) is 12.7. The molecule has 1 atom stereocenters. The molecule has 0 bridgehead atoms. The van der Waals surface area contributed by atoms with Gasteiger partial charge in [-0.1, -0.05) is 6.07 Å². The Labute approximate surface area is 130 Å². The van der Waals surface area contributed by atoms with Crippen LogP contribution in [0, 0.1) is 0 Å². The number of nitrogens with two attached hydrogens (primary N) is 1. The van der Waals surface area contributed by atoms with E-state index in [4.69, 9.17) is 10.5 Å². The Morgan fingerprint density at radius 3 is 2.62 bits per heavy atom. The minimum atomic E-state index is -0.589. The molecular formula is C14H20ClN3O3. The highest BCUT2D eigenvalue weighted by Gasteiger charge is 2.18. The van der Waals surface area contributed by atoms with Crippen LogP contribution in [0.25, 0.3) is 0 Å². The maximum atomic E-state index is 12.3. The van der Waals surface area contributed by atoms with Crippen molar-refractivity contribution in [1.82, 2.24) is 4.90 Å². The van der Waals surface area contributed by atoms with Crippen LogP contribution in [0.15, 0.2) is 24.3 Å². The fourth-order valence-corrected chi connectivity index (χ4v) is 1.94. The third kappa shape index (κ3) is 4.70. The fourth-order valence-electron chi connectivity index (χ4n) is 1.94. The Balaban J connectivity index is 0.00000220. The molecule has 1 saturated heterocycles. The van der Waals surface area contributed by atoms with Gasteiger partial charge in [0.1, 0.15) is 0 Å². The second-order valence-electron chi connectivity index (χ2n) is 4.76. The van der Waals surface area contributed by atoms with Crippen LogP contribution in [0.5, 0.6) is 0 Å². The molecule has 0 radical (unpaired) electrons. The van der Waals surface area contributed by atoms with Crippen LogP contribution in [0.4, 0.5) is 5.69 Å². The Hall–Kier alpha value is -1.63. The van der Waals surface area contributed by atoms with Crippen molar-refractivity contribution in [3.8, 4) is 0 Å². The molecule has 2 rings (SSSR count). The van der Waals surface area contributed by atoms with Crippen molar-refractivity contribution in [1.29, 1.82) is 0 Å². The van der Waals surface area contributed by atoms with Crippen molar-refractivity contribution in [2.24, 2.45) is 5.73 Å². The summed E-state index contributed by atoms with van der Waals surface area (Å²) in [6.07, 6.45) is 0. The van der Waals surface area contributed by atoms with Crippen molar-refractivity contribution in [2.75, 3.05) is 31.6 Å². The zero-order valence-electron chi connectivity index (χ0n) is 11.9. The van der Waals surface area contributed by atoms with Gasteiger partial charge in [0.2, 0.25) is 5.91 Å². The van der Waals surface area contributed by atoms with Crippen molar-refractivity contribution >= 4 is 29.9 Å². The van der Waals surface area contributed by atoms with E-state index in [9.17, 15) is 9.59 Å². The number of benzene rings is 1. The number of carbonyl (C=O) groups is 2. The third-order valence-electron chi connectivity index (χ3n) is 3.09. The quantitative estimate of drug-likeness (QED) is 0.867. The standard InChI is InChI=1S/C14H19N3O3.ClH/c1-10(15)13(18)16-12-4-2-3-11(9-12)14(19)17-5-7-20-8-6-17;/h2-4,9-10H,5-8,15H2,1H3,(H,16,18);1H/t10-;/m1./s1. The Bertz CT molecular complexity index is 502. The van der Waals surface area contributed by atoms with Gasteiger partial charge in [-0.3, -0.25) is 9.59 Å². The number of halogens is 1. The lowest BCUT2D eigenvalue weighted by Gasteiger charge is -2.27. The molecule has 3 N–H and O–H groups in total. The largest absolute Gasteiger partial charge is 0.378 e. The summed E-state index contributed by atoms with van der Waals surface area (Å²) in [4.78, 5) is 25.6. The van der Waals surface area contributed by atoms with Gasteiger partial charge in [-0.25, -0.2) is 0 Å². The van der Waals surface area contributed by atoms with E-state index in [1.165, 1.54) is 0 Å². The molecule has 0 unspecified atom stereocenters. The summed E-state index contributed by atoms with van der Waals surface area (Å²) in [5, 5.41) is 2.68. The molecule has 2 amide bonds. The van der Waals surface area contributed by atoms with E-state index >= 15 is 0 Å². The molecule has 0 saturated carbocycles. The molecule has 1 aromatic rings. The molecule has 1 aliphatic heterocycles. The van der Waals surface area contributed by atoms with Gasteiger partial charge in [0.15, 0.2) is 0 Å². The van der Waals surface area contributed by atoms with Gasteiger partial charge in [0.05, 0.1) is 19.3 Å². The van der Waals surface area contributed by atoms with Gasteiger partial charge in [-0.15, -0.1) is 12.4 Å². The van der Waals surface area contributed by atoms with Crippen LogP contribution in [0.2, 0.25) is 0 Å². The number of ether oxygens (including phenoxy) is 1. The number of hydrogen-bond acceptors (Lipinski definition) is 4. The molecule has 1 heterocycles. The lowest BCUT2D eigenvalue weighted by Crippen LogP contribution is -2.40. The lowest BCUT2D eigenvalue weighted by molar-refractivity contribution is -0.117. The highest BCUT2D eigenvalue weighted by molar-refractivity contribution is 5.98. The molecule has 0 aliphatic carbocycles. The molecule has 1 aromatic carbocycles. The molecular weight excluding hydrogens is 294 g/mol. The molecule has 1 fully saturated rings. The number of nitrogens with zero attached hydrogens (tertiary/aromatic N) is 1. The second-order valence-corrected chi connectivity index (χ2v) is 4.76. The maximum Gasteiger partial charge on any atom is 0.254 e. The van der Waals surface area contributed by atoms with Crippen LogP contribution >= 0.6 is 12.4 Å². The van der Waals surface area contributed by atoms with E-state index < -0.39 is 6.04 Å². The number of morpholine rings is 1. The topological polar surface area (TPSA) is 84.7 Å². The first-order chi connectivity index (χ1) is 9.58. The third-order valence-corrected chi connectivity index (χ3v) is 3.09. The monoisotopic (exact) mass is 313 g/mol. The summed E-state index contributed by atoms with van der Waals surface area (Å²) >= 11 is 0. The lowest BCUT2D eigenvalue weighted by atomic mass is 10.1. The number of anilines is 1. The zero-order chi connectivity index (χ0) is 14.5. The first-order valence-corrected chi connectivity index (χ1v) is 6.61. The van der Waals surface area contributed by atoms with Crippen molar-refractivity contribution in [2.45, 2.75) is 13.0 Å². The minimum absolute atomic E-state index is 0. The first-order valence-electron chi connectivity index (χ1n) is 6.61. The number of amides is 2. The highest BCUT2D eigenvalue weighted by atomic mass is 35.5. The Kier molecular flexibility index (Phi) is 6.61. The van der Waals surface area contributed by atoms with E-state index in [1.807, 2.05) is 0 Å². The summed E-state index contributed by atoms with van der Waals surface area (Å²) in [6, 6.07) is 6.28. The van der Waals surface area contributed by atoms with Gasteiger partial charge in [-0.2, -0.15) is 0 Å². The summed E-state index contributed by atoms with van der Waals surface area (Å²) in [5.74, 6) is -0.328. The average Bonchev–Trinajstić information content (AvgIpc) is 2.47. The predicted octanol–water partition coefficient (Wildman–Crippen LogP) is 0.866. The number of rotatable bonds is 3. The van der Waals surface area contributed by atoms with Crippen molar-refractivity contribution < 1.29 is 14.3 Å². The molecule has 1 aliphatic rings. The van der Waals surface area contributed by atoms with Gasteiger partial charge < -0.3 is 20.7 Å². The summed E-state index contributed by atoms with van der Waals surface area (Å²) < 4.78 is 5.22. The van der Waals surface area contributed by atoms with Gasteiger partial charge in [0.25, 0.3) is 5.91 Å². The Morgan fingerprint density at radius 1 is 1.33 bits per heavy atom. The molecule has 21 heavy (non-hydrogen) atoms. The molecule has 116 valence electrons. The van der Waals surface area contributed by atoms with Gasteiger partial charge in [0, 0.05) is 24.3 Å². The van der Waals surface area contributed by atoms with Crippen molar-refractivity contribution in [3.05, 3.63) is 29.8 Å². The molecule has 7 heteroatoms. The van der Waals surface area contributed by atoms with Crippen LogP contribution < -0.4 is 11.1 Å². The number of nitrogens with one attached hydrogen (secondary N) is 1. The Morgan fingerprint density at radius 2 is 2.00 bits per heavy atom. The summed E-state index contributed by atoms with van der Waals surface area (Å²) in [7, 11) is 0. The molecule has 0 aromatic heterocycles. The second kappa shape index (κ2) is 7.97. The van der Waals surface area contributed by atoms with E-state index in [0.717, 1.165) is 0 Å². The van der Waals surface area contributed by atoms with Crippen LogP contribution in [0.3, 0.4) is 0 Å². The van der Waals surface area contributed by atoms with Crippen LogP contribution in [0.1, 0.15) is 17.3 Å². The van der Waals surface area contributed by atoms with Gasteiger partial charge in [-0.05, 0) is 25.1 Å².